The molecule has 0 aromatic rings. The second kappa shape index (κ2) is 7.29. The zero-order valence-corrected chi connectivity index (χ0v) is 11.3. The van der Waals surface area contributed by atoms with Crippen molar-refractivity contribution < 1.29 is 4.74 Å². The second-order valence-electron chi connectivity index (χ2n) is 5.84. The van der Waals surface area contributed by atoms with E-state index in [0.717, 1.165) is 19.7 Å². The summed E-state index contributed by atoms with van der Waals surface area (Å²) in [6.45, 7) is 10.3. The fraction of sp³-hybridized carbons (Fsp3) is 1.00. The summed E-state index contributed by atoms with van der Waals surface area (Å²) in [5.74, 6) is 0. The van der Waals surface area contributed by atoms with Gasteiger partial charge < -0.3 is 10.1 Å². The Bertz CT molecular complexity index is 174. The number of ether oxygens (including phenoxy) is 1. The van der Waals surface area contributed by atoms with Gasteiger partial charge in [-0.3, -0.25) is 0 Å². The Hall–Kier alpha value is -0.0800. The van der Waals surface area contributed by atoms with Crippen molar-refractivity contribution in [2.75, 3.05) is 19.7 Å². The molecule has 0 amide bonds. The molecule has 1 unspecified atom stereocenters. The van der Waals surface area contributed by atoms with E-state index in [1.54, 1.807) is 0 Å². The van der Waals surface area contributed by atoms with E-state index in [-0.39, 0.29) is 0 Å². The van der Waals surface area contributed by atoms with Gasteiger partial charge in [0, 0.05) is 6.61 Å². The molecule has 1 rings (SSSR count). The lowest BCUT2D eigenvalue weighted by molar-refractivity contribution is 0.0905. The van der Waals surface area contributed by atoms with Gasteiger partial charge in [0.2, 0.25) is 0 Å². The Morgan fingerprint density at radius 3 is 2.69 bits per heavy atom. The van der Waals surface area contributed by atoms with Crippen LogP contribution in [-0.2, 0) is 4.74 Å². The Kier molecular flexibility index (Phi) is 6.37. The third-order valence-electron chi connectivity index (χ3n) is 3.57. The van der Waals surface area contributed by atoms with Gasteiger partial charge >= 0.3 is 0 Å². The summed E-state index contributed by atoms with van der Waals surface area (Å²) in [6, 6.07) is 0. The van der Waals surface area contributed by atoms with Gasteiger partial charge in [-0.25, -0.2) is 0 Å². The highest BCUT2D eigenvalue weighted by molar-refractivity contribution is 4.74. The largest absolute Gasteiger partial charge is 0.378 e. The van der Waals surface area contributed by atoms with E-state index < -0.39 is 0 Å². The first kappa shape index (κ1) is 14.0. The minimum atomic E-state index is 0.465. The van der Waals surface area contributed by atoms with Crippen LogP contribution in [0.4, 0.5) is 0 Å². The molecule has 16 heavy (non-hydrogen) atoms. The van der Waals surface area contributed by atoms with Crippen LogP contribution in [0.5, 0.6) is 0 Å². The average Bonchev–Trinajstić information content (AvgIpc) is 2.75. The summed E-state index contributed by atoms with van der Waals surface area (Å²) < 4.78 is 5.68. The first-order valence-corrected chi connectivity index (χ1v) is 6.96. The molecule has 0 aliphatic carbocycles. The number of hydrogen-bond donors (Lipinski definition) is 1. The van der Waals surface area contributed by atoms with Crippen molar-refractivity contribution in [3.63, 3.8) is 0 Å². The molecule has 2 heteroatoms. The third-order valence-corrected chi connectivity index (χ3v) is 3.57. The molecule has 96 valence electrons. The minimum Gasteiger partial charge on any atom is -0.378 e. The van der Waals surface area contributed by atoms with Gasteiger partial charge in [0.25, 0.3) is 0 Å². The van der Waals surface area contributed by atoms with E-state index in [4.69, 9.17) is 4.74 Å². The van der Waals surface area contributed by atoms with Gasteiger partial charge in [-0.1, -0.05) is 20.8 Å². The number of hydrogen-bond acceptors (Lipinski definition) is 2. The van der Waals surface area contributed by atoms with Gasteiger partial charge in [0.15, 0.2) is 0 Å². The van der Waals surface area contributed by atoms with Gasteiger partial charge in [-0.05, 0) is 57.0 Å². The Morgan fingerprint density at radius 1 is 1.25 bits per heavy atom. The fourth-order valence-corrected chi connectivity index (χ4v) is 2.28. The minimum absolute atomic E-state index is 0.465. The molecule has 1 aliphatic rings. The van der Waals surface area contributed by atoms with Crippen LogP contribution in [0.2, 0.25) is 0 Å². The quantitative estimate of drug-likeness (QED) is 0.642. The van der Waals surface area contributed by atoms with Crippen LogP contribution in [0, 0.1) is 5.41 Å². The molecule has 1 aliphatic heterocycles. The molecular formula is C14H29NO. The fourth-order valence-electron chi connectivity index (χ4n) is 2.28. The highest BCUT2D eigenvalue weighted by Gasteiger charge is 2.22. The molecule has 1 fully saturated rings. The predicted octanol–water partition coefficient (Wildman–Crippen LogP) is 3.36. The van der Waals surface area contributed by atoms with Gasteiger partial charge in [0.1, 0.15) is 0 Å². The smallest absolute Gasteiger partial charge is 0.0576 e. The Balaban J connectivity index is 2.07. The van der Waals surface area contributed by atoms with Crippen molar-refractivity contribution >= 4 is 0 Å². The molecule has 0 spiro atoms. The molecule has 0 bridgehead atoms. The van der Waals surface area contributed by atoms with E-state index >= 15 is 0 Å². The van der Waals surface area contributed by atoms with Crippen LogP contribution in [0.25, 0.3) is 0 Å². The predicted molar refractivity (Wildman–Crippen MR) is 69.8 cm³/mol. The Labute approximate surface area is 101 Å². The zero-order chi connectivity index (χ0) is 11.9. The molecule has 0 aromatic carbocycles. The maximum atomic E-state index is 5.68. The molecule has 0 saturated carbocycles. The van der Waals surface area contributed by atoms with Crippen molar-refractivity contribution in [2.24, 2.45) is 5.41 Å². The molecule has 1 N–H and O–H groups in total. The summed E-state index contributed by atoms with van der Waals surface area (Å²) in [4.78, 5) is 0. The van der Waals surface area contributed by atoms with Crippen LogP contribution < -0.4 is 5.32 Å². The van der Waals surface area contributed by atoms with Crippen LogP contribution in [0.3, 0.4) is 0 Å². The average molecular weight is 227 g/mol. The zero-order valence-electron chi connectivity index (χ0n) is 11.3. The van der Waals surface area contributed by atoms with Crippen molar-refractivity contribution in [3.8, 4) is 0 Å². The van der Waals surface area contributed by atoms with E-state index in [9.17, 15) is 0 Å². The molecule has 0 aromatic heterocycles. The Morgan fingerprint density at radius 2 is 2.06 bits per heavy atom. The monoisotopic (exact) mass is 227 g/mol. The van der Waals surface area contributed by atoms with Crippen LogP contribution in [-0.4, -0.2) is 25.8 Å². The topological polar surface area (TPSA) is 21.3 Å². The highest BCUT2D eigenvalue weighted by Crippen LogP contribution is 2.29. The van der Waals surface area contributed by atoms with Crippen molar-refractivity contribution in [2.45, 2.75) is 65.4 Å². The van der Waals surface area contributed by atoms with E-state index in [1.807, 2.05) is 0 Å². The van der Waals surface area contributed by atoms with Crippen LogP contribution >= 0.6 is 0 Å². The normalized spacial score (nSPS) is 21.6. The number of rotatable bonds is 8. The maximum Gasteiger partial charge on any atom is 0.0576 e. The lowest BCUT2D eigenvalue weighted by Crippen LogP contribution is -2.24. The second-order valence-corrected chi connectivity index (χ2v) is 5.84. The molecule has 1 heterocycles. The SMILES string of the molecule is CCCNCCC(C)(C)CCC1CCCO1. The summed E-state index contributed by atoms with van der Waals surface area (Å²) in [5, 5.41) is 3.49. The molecule has 1 saturated heterocycles. The molecular weight excluding hydrogens is 198 g/mol. The lowest BCUT2D eigenvalue weighted by Gasteiger charge is -2.26. The molecule has 2 nitrogen and oxygen atoms in total. The summed E-state index contributed by atoms with van der Waals surface area (Å²) in [7, 11) is 0. The first-order valence-electron chi connectivity index (χ1n) is 6.96. The van der Waals surface area contributed by atoms with Crippen molar-refractivity contribution in [1.29, 1.82) is 0 Å². The lowest BCUT2D eigenvalue weighted by atomic mass is 9.83. The van der Waals surface area contributed by atoms with E-state index in [0.29, 0.717) is 11.5 Å². The summed E-state index contributed by atoms with van der Waals surface area (Å²) in [5.41, 5.74) is 0.465. The van der Waals surface area contributed by atoms with Gasteiger partial charge in [-0.2, -0.15) is 0 Å². The van der Waals surface area contributed by atoms with Gasteiger partial charge in [0.05, 0.1) is 6.10 Å². The van der Waals surface area contributed by atoms with Crippen molar-refractivity contribution in [3.05, 3.63) is 0 Å². The van der Waals surface area contributed by atoms with Gasteiger partial charge in [-0.15, -0.1) is 0 Å². The highest BCUT2D eigenvalue weighted by atomic mass is 16.5. The van der Waals surface area contributed by atoms with Crippen LogP contribution in [0.1, 0.15) is 59.3 Å². The summed E-state index contributed by atoms with van der Waals surface area (Å²) >= 11 is 0. The maximum absolute atomic E-state index is 5.68. The number of nitrogens with one attached hydrogen (secondary N) is 1. The van der Waals surface area contributed by atoms with Crippen molar-refractivity contribution in [1.82, 2.24) is 5.32 Å². The molecule has 1 atom stereocenters. The third kappa shape index (κ3) is 5.86. The van der Waals surface area contributed by atoms with Crippen LogP contribution in [0.15, 0.2) is 0 Å². The first-order chi connectivity index (χ1) is 7.64. The summed E-state index contributed by atoms with van der Waals surface area (Å²) in [6.07, 6.45) is 8.16. The van der Waals surface area contributed by atoms with E-state index in [2.05, 4.69) is 26.1 Å². The standard InChI is InChI=1S/C14H29NO/c1-4-10-15-11-9-14(2,3)8-7-13-6-5-12-16-13/h13,15H,4-12H2,1-3H3. The molecule has 0 radical (unpaired) electrons. The van der Waals surface area contributed by atoms with E-state index in [1.165, 1.54) is 38.5 Å².